The lowest BCUT2D eigenvalue weighted by atomic mass is 9.82. The van der Waals surface area contributed by atoms with Gasteiger partial charge in [-0.1, -0.05) is 60.6 Å². The number of fused-ring (bicyclic) bond motifs is 3. The molecule has 3 amide bonds. The normalized spacial score (nSPS) is 19.4. The molecule has 3 aliphatic heterocycles. The average molecular weight is 1080 g/mol. The summed E-state index contributed by atoms with van der Waals surface area (Å²) in [5.41, 5.74) is 8.54. The summed E-state index contributed by atoms with van der Waals surface area (Å²) < 4.78 is 15.7. The number of anilines is 3. The van der Waals surface area contributed by atoms with Crippen LogP contribution >= 0.6 is 11.3 Å². The number of aromatic nitrogens is 4. The number of hydrogen-bond donors (Lipinski definition) is 2. The van der Waals surface area contributed by atoms with Gasteiger partial charge >= 0.3 is 5.97 Å². The Balaban J connectivity index is 0.691. The fraction of sp³-hybridized carbons (Fsp3) is 0.444. The third-order valence-electron chi connectivity index (χ3n) is 16.8. The summed E-state index contributed by atoms with van der Waals surface area (Å²) in [6.45, 7) is 17.5. The number of imide groups is 1. The van der Waals surface area contributed by atoms with E-state index in [0.29, 0.717) is 60.3 Å². The SMILES string of the molecule is Cc1c(OC2CCC(CCCC(C)(C)N3CCN(c4ccc5c(C6CCC(=O)NC6=O)nn(C)c5c4)CC3)CC2)cccc1-c1ccc(N2CCc3cccc(C(=O)Nc4nc5ccccc5s4)c3C2)nc1C(=O)OC(C)(C)C. The van der Waals surface area contributed by atoms with Crippen LogP contribution in [0.5, 0.6) is 5.75 Å². The van der Waals surface area contributed by atoms with Crippen LogP contribution in [0.1, 0.15) is 142 Å². The summed E-state index contributed by atoms with van der Waals surface area (Å²) in [6, 6.07) is 30.2. The number of thiazole rings is 1. The first-order valence-electron chi connectivity index (χ1n) is 28.3. The molecule has 0 bridgehead atoms. The van der Waals surface area contributed by atoms with Gasteiger partial charge in [0.25, 0.3) is 5.91 Å². The zero-order valence-electron chi connectivity index (χ0n) is 46.7. The summed E-state index contributed by atoms with van der Waals surface area (Å²) in [7, 11) is 1.93. The molecule has 2 saturated heterocycles. The Morgan fingerprint density at radius 1 is 0.810 bits per heavy atom. The van der Waals surface area contributed by atoms with Gasteiger partial charge in [0.2, 0.25) is 11.8 Å². The predicted molar refractivity (Wildman–Crippen MR) is 312 cm³/mol. The number of para-hydroxylation sites is 1. The van der Waals surface area contributed by atoms with E-state index < -0.39 is 17.5 Å². The van der Waals surface area contributed by atoms with Gasteiger partial charge in [0.15, 0.2) is 10.8 Å². The highest BCUT2D eigenvalue weighted by Crippen LogP contribution is 2.39. The summed E-state index contributed by atoms with van der Waals surface area (Å²) in [4.78, 5) is 69.4. The maximum absolute atomic E-state index is 14.2. The molecule has 6 heterocycles. The molecule has 1 unspecified atom stereocenters. The molecule has 16 heteroatoms. The Morgan fingerprint density at radius 3 is 2.37 bits per heavy atom. The van der Waals surface area contributed by atoms with E-state index in [1.807, 2.05) is 99.2 Å². The number of pyridine rings is 1. The third-order valence-corrected chi connectivity index (χ3v) is 17.8. The first-order chi connectivity index (χ1) is 37.9. The molecule has 0 spiro atoms. The van der Waals surface area contributed by atoms with Crippen LogP contribution in [0.2, 0.25) is 0 Å². The number of aryl methyl sites for hydroxylation is 1. The van der Waals surface area contributed by atoms with Gasteiger partial charge in [0, 0.05) is 80.5 Å². The van der Waals surface area contributed by atoms with Crippen LogP contribution in [0.25, 0.3) is 32.2 Å². The first-order valence-corrected chi connectivity index (χ1v) is 29.1. The number of piperidine rings is 1. The topological polar surface area (TPSA) is 164 Å². The van der Waals surface area contributed by atoms with Crippen molar-refractivity contribution in [2.24, 2.45) is 13.0 Å². The molecule has 3 fully saturated rings. The molecular formula is C63H73N9O6S. The second kappa shape index (κ2) is 22.2. The molecule has 7 aromatic rings. The maximum Gasteiger partial charge on any atom is 0.358 e. The average Bonchev–Trinajstić information content (AvgIpc) is 4.21. The summed E-state index contributed by atoms with van der Waals surface area (Å²) >= 11 is 1.45. The van der Waals surface area contributed by atoms with Crippen LogP contribution in [0.15, 0.2) is 91.0 Å². The van der Waals surface area contributed by atoms with Gasteiger partial charge in [-0.25, -0.2) is 14.8 Å². The summed E-state index contributed by atoms with van der Waals surface area (Å²) in [5, 5.41) is 11.8. The lowest BCUT2D eigenvalue weighted by Crippen LogP contribution is -2.54. The second-order valence-corrected chi connectivity index (χ2v) is 24.7. The predicted octanol–water partition coefficient (Wildman–Crippen LogP) is 11.6. The maximum atomic E-state index is 14.2. The van der Waals surface area contributed by atoms with Gasteiger partial charge in [-0.3, -0.25) is 34.6 Å². The number of carbonyl (C=O) groups excluding carboxylic acids is 4. The number of esters is 1. The monoisotopic (exact) mass is 1080 g/mol. The molecule has 79 heavy (non-hydrogen) atoms. The molecule has 1 atom stereocenters. The Labute approximate surface area is 467 Å². The number of amides is 3. The molecule has 3 aromatic heterocycles. The number of carbonyl (C=O) groups is 4. The van der Waals surface area contributed by atoms with Crippen molar-refractivity contribution >= 4 is 72.8 Å². The summed E-state index contributed by atoms with van der Waals surface area (Å²) in [5.74, 6) is 0.564. The van der Waals surface area contributed by atoms with Crippen molar-refractivity contribution in [1.29, 1.82) is 0 Å². The molecule has 4 aliphatic rings. The smallest absolute Gasteiger partial charge is 0.358 e. The van der Waals surface area contributed by atoms with Crippen molar-refractivity contribution in [2.75, 3.05) is 47.8 Å². The third kappa shape index (κ3) is 11.6. The second-order valence-electron chi connectivity index (χ2n) is 23.7. The molecule has 1 saturated carbocycles. The first kappa shape index (κ1) is 53.8. The highest BCUT2D eigenvalue weighted by atomic mass is 32.1. The number of nitrogens with zero attached hydrogens (tertiary/aromatic N) is 7. The van der Waals surface area contributed by atoms with E-state index in [9.17, 15) is 19.2 Å². The van der Waals surface area contributed by atoms with E-state index in [1.54, 1.807) is 0 Å². The fourth-order valence-electron chi connectivity index (χ4n) is 12.4. The summed E-state index contributed by atoms with van der Waals surface area (Å²) in [6.07, 6.45) is 9.51. The van der Waals surface area contributed by atoms with E-state index in [4.69, 9.17) is 19.6 Å². The number of piperazine rings is 1. The lowest BCUT2D eigenvalue weighted by Gasteiger charge is -2.45. The van der Waals surface area contributed by atoms with Gasteiger partial charge in [0.05, 0.1) is 33.4 Å². The van der Waals surface area contributed by atoms with Crippen LogP contribution in [0.4, 0.5) is 16.6 Å². The largest absolute Gasteiger partial charge is 0.490 e. The molecule has 1 aliphatic carbocycles. The van der Waals surface area contributed by atoms with Crippen LogP contribution in [0, 0.1) is 12.8 Å². The van der Waals surface area contributed by atoms with Crippen LogP contribution in [0.3, 0.4) is 0 Å². The Bertz CT molecular complexity index is 3420. The van der Waals surface area contributed by atoms with Crippen molar-refractivity contribution in [2.45, 2.75) is 135 Å². The van der Waals surface area contributed by atoms with Crippen LogP contribution in [-0.4, -0.2) is 98.3 Å². The quantitative estimate of drug-likeness (QED) is 0.0784. The minimum absolute atomic E-state index is 0.0968. The fourth-order valence-corrected chi connectivity index (χ4v) is 13.3. The van der Waals surface area contributed by atoms with E-state index in [-0.39, 0.29) is 35.1 Å². The van der Waals surface area contributed by atoms with Gasteiger partial charge in [-0.15, -0.1) is 0 Å². The zero-order valence-corrected chi connectivity index (χ0v) is 47.5. The number of nitrogens with one attached hydrogen (secondary N) is 2. The number of benzene rings is 4. The number of hydrogen-bond acceptors (Lipinski definition) is 13. The zero-order chi connectivity index (χ0) is 55.2. The minimum Gasteiger partial charge on any atom is -0.490 e. The van der Waals surface area contributed by atoms with Gasteiger partial charge < -0.3 is 19.3 Å². The number of rotatable bonds is 14. The van der Waals surface area contributed by atoms with Crippen molar-refractivity contribution in [1.82, 2.24) is 30.0 Å². The number of ether oxygens (including phenoxy) is 2. The van der Waals surface area contributed by atoms with Crippen molar-refractivity contribution < 1.29 is 28.7 Å². The molecular weight excluding hydrogens is 1010 g/mol. The Hall–Kier alpha value is -7.17. The highest BCUT2D eigenvalue weighted by Gasteiger charge is 2.34. The highest BCUT2D eigenvalue weighted by molar-refractivity contribution is 7.22. The van der Waals surface area contributed by atoms with Crippen molar-refractivity contribution in [3.8, 4) is 16.9 Å². The van der Waals surface area contributed by atoms with Gasteiger partial charge in [-0.05, 0) is 169 Å². The van der Waals surface area contributed by atoms with Crippen molar-refractivity contribution in [3.05, 3.63) is 125 Å². The van der Waals surface area contributed by atoms with Crippen LogP contribution < -0.4 is 25.2 Å². The van der Waals surface area contributed by atoms with Gasteiger partial charge in [-0.2, -0.15) is 5.10 Å². The molecule has 4 aromatic carbocycles. The Kier molecular flexibility index (Phi) is 15.1. The van der Waals surface area contributed by atoms with Gasteiger partial charge in [0.1, 0.15) is 17.2 Å². The Morgan fingerprint density at radius 2 is 1.59 bits per heavy atom. The molecule has 11 rings (SSSR count). The van der Waals surface area contributed by atoms with E-state index in [1.165, 1.54) is 29.9 Å². The molecule has 15 nitrogen and oxygen atoms in total. The molecule has 0 radical (unpaired) electrons. The van der Waals surface area contributed by atoms with E-state index in [2.05, 4.69) is 75.4 Å². The van der Waals surface area contributed by atoms with E-state index in [0.717, 1.165) is 113 Å². The minimum atomic E-state index is -0.733. The molecule has 2 N–H and O–H groups in total. The standard InChI is InChI=1S/C63H73N9O6S/c1-39-44(45-26-28-54(65-57(45)60(76)78-62(2,3)4)71-32-30-41-14-10-16-46(49(41)38-71)58(74)67-61-64-50-17-8-9-19-53(50)79-61)15-11-18-52(39)77-43-23-20-40(21-24-43)13-12-31-63(5,6)72-35-33-70(34-36-72)42-22-25-47-51(37-42)69(7)68-56(47)48-27-29-55(73)66-59(48)75/h8-11,14-19,22,25-26,28,37,40,43,48H,12-13,20-21,23-24,27,29-36,38H2,1-7H3,(H,64,67,74)(H,66,73,75). The van der Waals surface area contributed by atoms with E-state index >= 15 is 0 Å². The van der Waals surface area contributed by atoms with Crippen LogP contribution in [-0.2, 0) is 34.3 Å². The lowest BCUT2D eigenvalue weighted by molar-refractivity contribution is -0.134. The van der Waals surface area contributed by atoms with Crippen molar-refractivity contribution in [3.63, 3.8) is 0 Å². The molecule has 412 valence electrons.